The third kappa shape index (κ3) is 2.58. The zero-order chi connectivity index (χ0) is 13.9. The summed E-state index contributed by atoms with van der Waals surface area (Å²) in [7, 11) is 0. The number of hydrogen-bond acceptors (Lipinski definition) is 3. The number of H-pyrrole nitrogens is 1. The smallest absolute Gasteiger partial charge is 0.275 e. The van der Waals surface area contributed by atoms with Gasteiger partial charge in [-0.3, -0.25) is 14.4 Å². The molecule has 0 saturated heterocycles. The Morgan fingerprint density at radius 3 is 2.80 bits per heavy atom. The molecule has 0 atom stereocenters. The van der Waals surface area contributed by atoms with E-state index in [-0.39, 0.29) is 17.6 Å². The van der Waals surface area contributed by atoms with Crippen LogP contribution in [-0.2, 0) is 4.84 Å². The lowest BCUT2D eigenvalue weighted by Gasteiger charge is -2.12. The lowest BCUT2D eigenvalue weighted by atomic mass is 10.1. The molecule has 1 aliphatic carbocycles. The molecule has 2 aromatic rings. The third-order valence-corrected chi connectivity index (χ3v) is 3.62. The molecule has 1 amide bonds. The van der Waals surface area contributed by atoms with Crippen LogP contribution in [0.25, 0.3) is 10.9 Å². The Morgan fingerprint density at radius 2 is 2.00 bits per heavy atom. The van der Waals surface area contributed by atoms with Crippen LogP contribution in [0.1, 0.15) is 36.0 Å². The second-order valence-corrected chi connectivity index (χ2v) is 5.05. The standard InChI is InChI=1S/C15H16N2O3/c18-14-9-12(11-7-3-4-8-13(11)16-14)15(19)17-20-10-5-1-2-6-10/h3-4,7-10H,1-2,5-6H2,(H,16,18)(H,17,19). The van der Waals surface area contributed by atoms with Gasteiger partial charge in [0.25, 0.3) is 5.91 Å². The van der Waals surface area contributed by atoms with E-state index in [4.69, 9.17) is 4.84 Å². The number of aromatic nitrogens is 1. The van der Waals surface area contributed by atoms with Crippen molar-refractivity contribution in [3.63, 3.8) is 0 Å². The van der Waals surface area contributed by atoms with E-state index < -0.39 is 0 Å². The molecule has 1 aromatic heterocycles. The van der Waals surface area contributed by atoms with Gasteiger partial charge >= 0.3 is 0 Å². The van der Waals surface area contributed by atoms with Crippen molar-refractivity contribution >= 4 is 16.8 Å². The highest BCUT2D eigenvalue weighted by atomic mass is 16.7. The summed E-state index contributed by atoms with van der Waals surface area (Å²) in [5.74, 6) is -0.376. The van der Waals surface area contributed by atoms with Gasteiger partial charge in [0.1, 0.15) is 0 Å². The SMILES string of the molecule is O=C(NOC1CCCC1)c1cc(=O)[nH]c2ccccc12. The van der Waals surface area contributed by atoms with Crippen LogP contribution in [0.5, 0.6) is 0 Å². The molecule has 1 fully saturated rings. The van der Waals surface area contributed by atoms with Crippen molar-refractivity contribution < 1.29 is 9.63 Å². The molecule has 0 radical (unpaired) electrons. The van der Waals surface area contributed by atoms with Crippen LogP contribution in [0.2, 0.25) is 0 Å². The first kappa shape index (κ1) is 12.9. The van der Waals surface area contributed by atoms with Crippen LogP contribution in [0, 0.1) is 0 Å². The number of fused-ring (bicyclic) bond motifs is 1. The molecule has 1 saturated carbocycles. The Hall–Kier alpha value is -2.14. The predicted molar refractivity (Wildman–Crippen MR) is 75.4 cm³/mol. The molecule has 20 heavy (non-hydrogen) atoms. The Morgan fingerprint density at radius 1 is 1.25 bits per heavy atom. The van der Waals surface area contributed by atoms with E-state index in [1.165, 1.54) is 6.07 Å². The number of para-hydroxylation sites is 1. The van der Waals surface area contributed by atoms with Crippen LogP contribution < -0.4 is 11.0 Å². The van der Waals surface area contributed by atoms with E-state index in [9.17, 15) is 9.59 Å². The highest BCUT2D eigenvalue weighted by molar-refractivity contribution is 6.05. The van der Waals surface area contributed by atoms with Crippen molar-refractivity contribution in [2.24, 2.45) is 0 Å². The van der Waals surface area contributed by atoms with Crippen molar-refractivity contribution in [3.05, 3.63) is 46.2 Å². The van der Waals surface area contributed by atoms with Gasteiger partial charge in [-0.15, -0.1) is 0 Å². The maximum Gasteiger partial charge on any atom is 0.275 e. The second-order valence-electron chi connectivity index (χ2n) is 5.05. The van der Waals surface area contributed by atoms with Crippen LogP contribution in [0.15, 0.2) is 35.1 Å². The lowest BCUT2D eigenvalue weighted by molar-refractivity contribution is -0.0124. The predicted octanol–water partition coefficient (Wildman–Crippen LogP) is 2.13. The van der Waals surface area contributed by atoms with Gasteiger partial charge in [0, 0.05) is 17.0 Å². The van der Waals surface area contributed by atoms with Crippen molar-refractivity contribution in [3.8, 4) is 0 Å². The first-order valence-corrected chi connectivity index (χ1v) is 6.82. The molecule has 5 nitrogen and oxygen atoms in total. The van der Waals surface area contributed by atoms with Gasteiger partial charge in [-0.25, -0.2) is 5.48 Å². The van der Waals surface area contributed by atoms with Crippen molar-refractivity contribution in [2.45, 2.75) is 31.8 Å². The number of benzene rings is 1. The molecular weight excluding hydrogens is 256 g/mol. The molecule has 0 bridgehead atoms. The number of aromatic amines is 1. The summed E-state index contributed by atoms with van der Waals surface area (Å²) < 4.78 is 0. The highest BCUT2D eigenvalue weighted by Gasteiger charge is 2.18. The van der Waals surface area contributed by atoms with Crippen molar-refractivity contribution in [1.29, 1.82) is 0 Å². The van der Waals surface area contributed by atoms with E-state index >= 15 is 0 Å². The van der Waals surface area contributed by atoms with Crippen LogP contribution in [0.4, 0.5) is 0 Å². The quantitative estimate of drug-likeness (QED) is 0.841. The number of rotatable bonds is 3. The van der Waals surface area contributed by atoms with E-state index in [0.29, 0.717) is 16.5 Å². The maximum atomic E-state index is 12.2. The molecule has 0 spiro atoms. The van der Waals surface area contributed by atoms with Gasteiger partial charge in [-0.1, -0.05) is 31.0 Å². The molecule has 2 N–H and O–H groups in total. The molecule has 1 aliphatic rings. The Balaban J connectivity index is 1.85. The Kier molecular flexibility index (Phi) is 3.52. The van der Waals surface area contributed by atoms with Gasteiger partial charge in [-0.05, 0) is 18.9 Å². The normalized spacial score (nSPS) is 15.6. The average Bonchev–Trinajstić information content (AvgIpc) is 2.97. The lowest BCUT2D eigenvalue weighted by Crippen LogP contribution is -2.29. The number of carbonyl (C=O) groups excluding carboxylic acids is 1. The molecule has 1 aromatic carbocycles. The van der Waals surface area contributed by atoms with E-state index in [1.54, 1.807) is 12.1 Å². The summed E-state index contributed by atoms with van der Waals surface area (Å²) in [6.07, 6.45) is 4.29. The summed E-state index contributed by atoms with van der Waals surface area (Å²) in [5.41, 5.74) is 3.15. The molecule has 104 valence electrons. The number of amides is 1. The topological polar surface area (TPSA) is 71.2 Å². The first-order valence-electron chi connectivity index (χ1n) is 6.82. The number of hydrogen-bond donors (Lipinski definition) is 2. The first-order chi connectivity index (χ1) is 9.74. The van der Waals surface area contributed by atoms with E-state index in [1.807, 2.05) is 12.1 Å². The van der Waals surface area contributed by atoms with Gasteiger partial charge in [0.05, 0.1) is 11.7 Å². The molecular formula is C15H16N2O3. The summed E-state index contributed by atoms with van der Waals surface area (Å²) in [6.45, 7) is 0. The third-order valence-electron chi connectivity index (χ3n) is 3.62. The van der Waals surface area contributed by atoms with Crippen LogP contribution >= 0.6 is 0 Å². The largest absolute Gasteiger partial charge is 0.322 e. The Labute approximate surface area is 115 Å². The minimum absolute atomic E-state index is 0.0900. The van der Waals surface area contributed by atoms with Crippen LogP contribution in [-0.4, -0.2) is 17.0 Å². The molecule has 0 aliphatic heterocycles. The summed E-state index contributed by atoms with van der Waals surface area (Å²) >= 11 is 0. The zero-order valence-corrected chi connectivity index (χ0v) is 11.0. The van der Waals surface area contributed by atoms with Crippen molar-refractivity contribution in [1.82, 2.24) is 10.5 Å². The maximum absolute atomic E-state index is 12.2. The number of pyridine rings is 1. The van der Waals surface area contributed by atoms with Gasteiger partial charge in [0.15, 0.2) is 0 Å². The fraction of sp³-hybridized carbons (Fsp3) is 0.333. The fourth-order valence-corrected chi connectivity index (χ4v) is 2.59. The summed E-state index contributed by atoms with van der Waals surface area (Å²) in [5, 5.41) is 0.708. The van der Waals surface area contributed by atoms with Crippen LogP contribution in [0.3, 0.4) is 0 Å². The van der Waals surface area contributed by atoms with Gasteiger partial charge in [0.2, 0.25) is 5.56 Å². The van der Waals surface area contributed by atoms with Crippen molar-refractivity contribution in [2.75, 3.05) is 0 Å². The highest BCUT2D eigenvalue weighted by Crippen LogP contribution is 2.20. The fourth-order valence-electron chi connectivity index (χ4n) is 2.59. The summed E-state index contributed by atoms with van der Waals surface area (Å²) in [4.78, 5) is 31.9. The van der Waals surface area contributed by atoms with Gasteiger partial charge < -0.3 is 4.98 Å². The van der Waals surface area contributed by atoms with E-state index in [2.05, 4.69) is 10.5 Å². The monoisotopic (exact) mass is 272 g/mol. The number of nitrogens with one attached hydrogen (secondary N) is 2. The Bertz CT molecular complexity index is 687. The van der Waals surface area contributed by atoms with Gasteiger partial charge in [-0.2, -0.15) is 0 Å². The molecule has 5 heteroatoms. The zero-order valence-electron chi connectivity index (χ0n) is 11.0. The minimum atomic E-state index is -0.376. The van der Waals surface area contributed by atoms with E-state index in [0.717, 1.165) is 25.7 Å². The number of carbonyl (C=O) groups is 1. The molecule has 1 heterocycles. The second kappa shape index (κ2) is 5.46. The summed E-state index contributed by atoms with van der Waals surface area (Å²) in [6, 6.07) is 8.51. The number of hydroxylamine groups is 1. The molecule has 0 unspecified atom stereocenters. The minimum Gasteiger partial charge on any atom is -0.322 e. The molecule has 3 rings (SSSR count). The average molecular weight is 272 g/mol.